The molecule has 0 aliphatic carbocycles. The normalized spacial score (nSPS) is 10.5. The van der Waals surface area contributed by atoms with Crippen molar-refractivity contribution in [3.63, 3.8) is 0 Å². The van der Waals surface area contributed by atoms with Crippen LogP contribution in [0.4, 0.5) is 10.7 Å². The highest BCUT2D eigenvalue weighted by atomic mass is 32.1. The van der Waals surface area contributed by atoms with Crippen LogP contribution in [0, 0.1) is 6.92 Å². The molecular weight excluding hydrogens is 386 g/mol. The average molecular weight is 403 g/mol. The van der Waals surface area contributed by atoms with E-state index >= 15 is 0 Å². The lowest BCUT2D eigenvalue weighted by Gasteiger charge is -2.06. The predicted octanol–water partition coefficient (Wildman–Crippen LogP) is 4.14. The first-order valence-corrected chi connectivity index (χ1v) is 9.65. The number of nitrogens with one attached hydrogen (secondary N) is 2. The second-order valence-corrected chi connectivity index (χ2v) is 7.36. The van der Waals surface area contributed by atoms with Gasteiger partial charge in [-0.2, -0.15) is 5.10 Å². The Morgan fingerprint density at radius 3 is 2.45 bits per heavy atom. The average Bonchev–Trinajstić information content (AvgIpc) is 3.41. The van der Waals surface area contributed by atoms with Crippen LogP contribution in [-0.2, 0) is 0 Å². The van der Waals surface area contributed by atoms with Crippen molar-refractivity contribution >= 4 is 33.8 Å². The molecule has 0 spiro atoms. The van der Waals surface area contributed by atoms with Crippen LogP contribution in [0.2, 0.25) is 0 Å². The number of anilines is 2. The number of hydrogen-bond donors (Lipinski definition) is 2. The molecule has 0 atom stereocenters. The molecule has 7 nitrogen and oxygen atoms in total. The summed E-state index contributed by atoms with van der Waals surface area (Å²) in [6.45, 7) is 1.89. The molecule has 0 saturated heterocycles. The van der Waals surface area contributed by atoms with Crippen LogP contribution in [0.1, 0.15) is 25.6 Å². The number of benzene rings is 2. The molecule has 0 bridgehead atoms. The van der Waals surface area contributed by atoms with E-state index in [1.807, 2.05) is 37.3 Å². The minimum atomic E-state index is -0.236. The number of carbonyl (C=O) groups is 2. The van der Waals surface area contributed by atoms with Crippen LogP contribution in [0.25, 0.3) is 5.69 Å². The molecule has 0 saturated carbocycles. The number of rotatable bonds is 5. The van der Waals surface area contributed by atoms with Crippen molar-refractivity contribution in [1.29, 1.82) is 0 Å². The topological polar surface area (TPSA) is 88.9 Å². The van der Waals surface area contributed by atoms with E-state index in [0.29, 0.717) is 21.1 Å². The first kappa shape index (κ1) is 18.6. The molecule has 4 aromatic rings. The van der Waals surface area contributed by atoms with E-state index in [4.69, 9.17) is 0 Å². The summed E-state index contributed by atoms with van der Waals surface area (Å²) < 4.78 is 1.63. The van der Waals surface area contributed by atoms with Crippen LogP contribution >= 0.6 is 11.3 Å². The number of hydrogen-bond acceptors (Lipinski definition) is 5. The lowest BCUT2D eigenvalue weighted by molar-refractivity contribution is 0.102. The number of nitrogens with zero attached hydrogens (tertiary/aromatic N) is 3. The van der Waals surface area contributed by atoms with Gasteiger partial charge in [-0.05, 0) is 55.0 Å². The predicted molar refractivity (Wildman–Crippen MR) is 113 cm³/mol. The zero-order chi connectivity index (χ0) is 20.2. The number of thiophene rings is 1. The highest BCUT2D eigenvalue weighted by Gasteiger charge is 2.13. The largest absolute Gasteiger partial charge is 0.321 e. The van der Waals surface area contributed by atoms with Gasteiger partial charge in [-0.3, -0.25) is 9.59 Å². The fraction of sp³-hybridized carbons (Fsp3) is 0.0476. The fourth-order valence-corrected chi connectivity index (χ4v) is 3.56. The van der Waals surface area contributed by atoms with Gasteiger partial charge >= 0.3 is 0 Å². The molecule has 2 N–H and O–H groups in total. The molecule has 144 valence electrons. The van der Waals surface area contributed by atoms with Gasteiger partial charge < -0.3 is 10.6 Å². The SMILES string of the molecule is Cc1ccccc1C(=O)Nc1ccc(C(=O)Nc2ccc(-n3cncn3)cc2)s1. The van der Waals surface area contributed by atoms with E-state index in [0.717, 1.165) is 11.3 Å². The number of aryl methyl sites for hydroxylation is 1. The first-order valence-electron chi connectivity index (χ1n) is 8.83. The quantitative estimate of drug-likeness (QED) is 0.524. The molecule has 2 heterocycles. The van der Waals surface area contributed by atoms with Gasteiger partial charge in [0.1, 0.15) is 12.7 Å². The smallest absolute Gasteiger partial charge is 0.265 e. The van der Waals surface area contributed by atoms with Crippen molar-refractivity contribution in [3.05, 3.63) is 89.3 Å². The summed E-state index contributed by atoms with van der Waals surface area (Å²) in [5.74, 6) is -0.430. The Bertz CT molecular complexity index is 1150. The summed E-state index contributed by atoms with van der Waals surface area (Å²) in [6.07, 6.45) is 3.06. The monoisotopic (exact) mass is 403 g/mol. The molecule has 29 heavy (non-hydrogen) atoms. The Morgan fingerprint density at radius 1 is 0.931 bits per heavy atom. The van der Waals surface area contributed by atoms with Gasteiger partial charge in [-0.15, -0.1) is 11.3 Å². The van der Waals surface area contributed by atoms with Crippen molar-refractivity contribution in [2.75, 3.05) is 10.6 Å². The van der Waals surface area contributed by atoms with Crippen LogP contribution < -0.4 is 10.6 Å². The second kappa shape index (κ2) is 8.07. The summed E-state index contributed by atoms with van der Waals surface area (Å²) in [4.78, 5) is 29.3. The van der Waals surface area contributed by atoms with Gasteiger partial charge in [0.25, 0.3) is 11.8 Å². The van der Waals surface area contributed by atoms with Crippen LogP contribution in [0.15, 0.2) is 73.3 Å². The Kier molecular flexibility index (Phi) is 5.17. The molecule has 0 fully saturated rings. The Hall–Kier alpha value is -3.78. The van der Waals surface area contributed by atoms with Crippen LogP contribution in [0.5, 0.6) is 0 Å². The lowest BCUT2D eigenvalue weighted by atomic mass is 10.1. The highest BCUT2D eigenvalue weighted by molar-refractivity contribution is 7.18. The number of carbonyl (C=O) groups excluding carboxylic acids is 2. The van der Waals surface area contributed by atoms with Crippen LogP contribution in [-0.4, -0.2) is 26.6 Å². The zero-order valence-electron chi connectivity index (χ0n) is 15.5. The van der Waals surface area contributed by atoms with Gasteiger partial charge in [0.15, 0.2) is 0 Å². The summed E-state index contributed by atoms with van der Waals surface area (Å²) >= 11 is 1.22. The molecule has 0 radical (unpaired) electrons. The van der Waals surface area contributed by atoms with Crippen molar-refractivity contribution in [2.24, 2.45) is 0 Å². The van der Waals surface area contributed by atoms with E-state index in [9.17, 15) is 9.59 Å². The van der Waals surface area contributed by atoms with E-state index in [1.54, 1.807) is 41.3 Å². The minimum Gasteiger partial charge on any atom is -0.321 e. The van der Waals surface area contributed by atoms with Crippen molar-refractivity contribution in [3.8, 4) is 5.69 Å². The van der Waals surface area contributed by atoms with Gasteiger partial charge in [-0.25, -0.2) is 9.67 Å². The first-order chi connectivity index (χ1) is 14.1. The maximum absolute atomic E-state index is 12.5. The lowest BCUT2D eigenvalue weighted by Crippen LogP contribution is -2.12. The molecule has 0 aliphatic rings. The summed E-state index contributed by atoms with van der Waals surface area (Å²) in [7, 11) is 0. The van der Waals surface area contributed by atoms with E-state index in [2.05, 4.69) is 20.7 Å². The number of amides is 2. The van der Waals surface area contributed by atoms with Gasteiger partial charge in [0.05, 0.1) is 15.6 Å². The van der Waals surface area contributed by atoms with E-state index in [1.165, 1.54) is 17.7 Å². The van der Waals surface area contributed by atoms with Crippen molar-refractivity contribution < 1.29 is 9.59 Å². The molecule has 0 unspecified atom stereocenters. The minimum absolute atomic E-state index is 0.194. The molecular formula is C21H17N5O2S. The van der Waals surface area contributed by atoms with E-state index in [-0.39, 0.29) is 11.8 Å². The second-order valence-electron chi connectivity index (χ2n) is 6.27. The van der Waals surface area contributed by atoms with E-state index < -0.39 is 0 Å². The molecule has 8 heteroatoms. The third-order valence-corrected chi connectivity index (χ3v) is 5.26. The Balaban J connectivity index is 1.41. The van der Waals surface area contributed by atoms with Crippen molar-refractivity contribution in [1.82, 2.24) is 14.8 Å². The number of aromatic nitrogens is 3. The van der Waals surface area contributed by atoms with Gasteiger partial charge in [-0.1, -0.05) is 18.2 Å². The maximum Gasteiger partial charge on any atom is 0.265 e. The molecule has 2 aromatic heterocycles. The molecule has 4 rings (SSSR count). The zero-order valence-corrected chi connectivity index (χ0v) is 16.3. The Labute approximate surface area is 171 Å². The molecule has 2 amide bonds. The van der Waals surface area contributed by atoms with Gasteiger partial charge in [0, 0.05) is 11.3 Å². The fourth-order valence-electron chi connectivity index (χ4n) is 2.77. The maximum atomic E-state index is 12.5. The van der Waals surface area contributed by atoms with Gasteiger partial charge in [0.2, 0.25) is 0 Å². The summed E-state index contributed by atoms with van der Waals surface area (Å²) in [6, 6.07) is 18.1. The standard InChI is InChI=1S/C21H17N5O2S/c1-14-4-2-3-5-17(14)20(27)25-19-11-10-18(29-19)21(28)24-15-6-8-16(9-7-15)26-13-22-12-23-26/h2-13H,1H3,(H,24,28)(H,25,27). The summed E-state index contributed by atoms with van der Waals surface area (Å²) in [5, 5.41) is 10.4. The van der Waals surface area contributed by atoms with Crippen LogP contribution in [0.3, 0.4) is 0 Å². The molecule has 2 aromatic carbocycles. The Morgan fingerprint density at radius 2 is 1.72 bits per heavy atom. The highest BCUT2D eigenvalue weighted by Crippen LogP contribution is 2.24. The molecule has 0 aliphatic heterocycles. The third kappa shape index (κ3) is 4.22. The van der Waals surface area contributed by atoms with Crippen molar-refractivity contribution in [2.45, 2.75) is 6.92 Å². The summed E-state index contributed by atoms with van der Waals surface area (Å²) in [5.41, 5.74) is 3.02. The third-order valence-electron chi connectivity index (χ3n) is 4.26.